The Labute approximate surface area is 252 Å². The molecule has 0 aliphatic rings. The fraction of sp³-hybridized carbons (Fsp3) is 0.300. The standard InChI is InChI=1S/C30H35B3F2N4O4/c1-18-12-24-26(19(2)38-39(24)25(13-18)42-15-21-22(34)10-7-11-23(21)35)27(40)36-17-29(3,16-30(31,32)33)37-28(41)43-14-20-8-5-4-6-9-20/h4-13H,14-17,31-33H2,1-3H3,(H,36,40)(H,37,41). The molecule has 222 valence electrons. The van der Waals surface area contributed by atoms with Crippen molar-refractivity contribution in [3.05, 3.63) is 100 Å². The van der Waals surface area contributed by atoms with Gasteiger partial charge in [-0.2, -0.15) is 9.61 Å². The number of hydrogen-bond acceptors (Lipinski definition) is 5. The molecular formula is C30H35B3F2N4O4. The summed E-state index contributed by atoms with van der Waals surface area (Å²) in [4.78, 5) is 26.4. The van der Waals surface area contributed by atoms with Crippen molar-refractivity contribution in [2.24, 2.45) is 0 Å². The van der Waals surface area contributed by atoms with Crippen LogP contribution in [-0.4, -0.2) is 57.2 Å². The molecule has 43 heavy (non-hydrogen) atoms. The fourth-order valence-electron chi connectivity index (χ4n) is 5.25. The Balaban J connectivity index is 1.52. The van der Waals surface area contributed by atoms with Gasteiger partial charge in [0.05, 0.1) is 51.4 Å². The monoisotopic (exact) mass is 586 g/mol. The van der Waals surface area contributed by atoms with Crippen LogP contribution in [0.15, 0.2) is 60.7 Å². The Morgan fingerprint density at radius 2 is 1.65 bits per heavy atom. The van der Waals surface area contributed by atoms with Crippen LogP contribution >= 0.6 is 0 Å². The Bertz CT molecular complexity index is 1610. The number of carbonyl (C=O) groups is 2. The van der Waals surface area contributed by atoms with Gasteiger partial charge in [0, 0.05) is 12.6 Å². The van der Waals surface area contributed by atoms with Gasteiger partial charge in [0.1, 0.15) is 24.8 Å². The molecule has 0 spiro atoms. The van der Waals surface area contributed by atoms with Gasteiger partial charge in [-0.05, 0) is 56.5 Å². The number of aromatic nitrogens is 2. The van der Waals surface area contributed by atoms with Crippen LogP contribution in [0.4, 0.5) is 13.6 Å². The summed E-state index contributed by atoms with van der Waals surface area (Å²) in [5.41, 5.74) is 1.86. The van der Waals surface area contributed by atoms with E-state index in [-0.39, 0.29) is 42.2 Å². The molecule has 2 aromatic heterocycles. The second kappa shape index (κ2) is 12.9. The van der Waals surface area contributed by atoms with Crippen molar-refractivity contribution in [3.63, 3.8) is 0 Å². The number of alkyl carbamates (subject to hydrolysis) is 1. The molecule has 2 aromatic carbocycles. The zero-order valence-electron chi connectivity index (χ0n) is 25.4. The average molecular weight is 586 g/mol. The molecule has 2 N–H and O–H groups in total. The lowest BCUT2D eigenvalue weighted by Gasteiger charge is -2.36. The summed E-state index contributed by atoms with van der Waals surface area (Å²) in [6.07, 6.45) is -0.0289. The Morgan fingerprint density at radius 1 is 0.977 bits per heavy atom. The summed E-state index contributed by atoms with van der Waals surface area (Å²) in [7, 11) is 6.16. The molecule has 0 saturated carbocycles. The minimum atomic E-state index is -0.827. The normalized spacial score (nSPS) is 12.9. The average Bonchev–Trinajstić information content (AvgIpc) is 3.25. The van der Waals surface area contributed by atoms with Gasteiger partial charge in [-0.25, -0.2) is 13.6 Å². The zero-order valence-corrected chi connectivity index (χ0v) is 25.4. The van der Waals surface area contributed by atoms with Gasteiger partial charge >= 0.3 is 6.09 Å². The molecule has 1 atom stereocenters. The number of rotatable bonds is 11. The summed E-state index contributed by atoms with van der Waals surface area (Å²) in [6, 6.07) is 16.5. The number of ether oxygens (including phenoxy) is 2. The SMILES string of the molecule is BC(B)(B)CC(C)(CNC(=O)c1c(C)nn2c(OCc3c(F)cccc3F)cc(C)cc12)NC(=O)OCc1ccccc1. The first kappa shape index (κ1) is 31.7. The van der Waals surface area contributed by atoms with Gasteiger partial charge in [0.2, 0.25) is 5.88 Å². The summed E-state index contributed by atoms with van der Waals surface area (Å²) in [6.45, 7) is 5.29. The number of halogens is 2. The number of aryl methyl sites for hydroxylation is 2. The highest BCUT2D eigenvalue weighted by Gasteiger charge is 2.33. The second-order valence-electron chi connectivity index (χ2n) is 12.3. The largest absolute Gasteiger partial charge is 0.473 e. The number of fused-ring (bicyclic) bond motifs is 1. The number of hydrogen-bond donors (Lipinski definition) is 2. The maximum Gasteiger partial charge on any atom is 0.407 e. The summed E-state index contributed by atoms with van der Waals surface area (Å²) in [5, 5.41) is 10.2. The van der Waals surface area contributed by atoms with Gasteiger partial charge < -0.3 is 20.1 Å². The summed E-state index contributed by atoms with van der Waals surface area (Å²) < 4.78 is 41.0. The van der Waals surface area contributed by atoms with Crippen molar-refractivity contribution < 1.29 is 27.8 Å². The fourth-order valence-corrected chi connectivity index (χ4v) is 5.25. The van der Waals surface area contributed by atoms with E-state index in [4.69, 9.17) is 9.47 Å². The van der Waals surface area contributed by atoms with Crippen molar-refractivity contribution in [1.82, 2.24) is 20.2 Å². The van der Waals surface area contributed by atoms with Crippen LogP contribution < -0.4 is 15.4 Å². The van der Waals surface area contributed by atoms with Crippen molar-refractivity contribution >= 4 is 41.1 Å². The number of carbonyl (C=O) groups excluding carboxylic acids is 2. The van der Waals surface area contributed by atoms with E-state index in [9.17, 15) is 18.4 Å². The van der Waals surface area contributed by atoms with Crippen LogP contribution in [0.2, 0.25) is 5.11 Å². The first-order valence-electron chi connectivity index (χ1n) is 14.1. The molecule has 0 saturated heterocycles. The van der Waals surface area contributed by atoms with E-state index in [2.05, 4.69) is 39.3 Å². The van der Waals surface area contributed by atoms with Crippen molar-refractivity contribution in [2.45, 2.75) is 51.1 Å². The lowest BCUT2D eigenvalue weighted by Crippen LogP contribution is -2.55. The predicted molar refractivity (Wildman–Crippen MR) is 169 cm³/mol. The molecule has 2 heterocycles. The van der Waals surface area contributed by atoms with E-state index >= 15 is 0 Å². The quantitative estimate of drug-likeness (QED) is 0.264. The minimum Gasteiger partial charge on any atom is -0.473 e. The van der Waals surface area contributed by atoms with Gasteiger partial charge in [-0.3, -0.25) is 4.79 Å². The van der Waals surface area contributed by atoms with Crippen LogP contribution in [0.3, 0.4) is 0 Å². The predicted octanol–water partition coefficient (Wildman–Crippen LogP) is 2.59. The number of amides is 2. The third-order valence-corrected chi connectivity index (χ3v) is 6.85. The smallest absolute Gasteiger partial charge is 0.407 e. The molecule has 1 unspecified atom stereocenters. The summed E-state index contributed by atoms with van der Waals surface area (Å²) >= 11 is 0. The molecule has 0 radical (unpaired) electrons. The van der Waals surface area contributed by atoms with Gasteiger partial charge in [-0.15, -0.1) is 5.11 Å². The summed E-state index contributed by atoms with van der Waals surface area (Å²) in [5.74, 6) is -1.57. The number of benzene rings is 2. The van der Waals surface area contributed by atoms with Gasteiger partial charge in [-0.1, -0.05) is 36.4 Å². The van der Waals surface area contributed by atoms with Gasteiger partial charge in [0.25, 0.3) is 5.91 Å². The third kappa shape index (κ3) is 8.18. The molecular weight excluding hydrogens is 551 g/mol. The maximum atomic E-state index is 14.2. The van der Waals surface area contributed by atoms with Crippen LogP contribution in [0.5, 0.6) is 5.88 Å². The van der Waals surface area contributed by atoms with Crippen LogP contribution in [0.1, 0.15) is 46.1 Å². The van der Waals surface area contributed by atoms with E-state index in [1.54, 1.807) is 19.1 Å². The van der Waals surface area contributed by atoms with E-state index in [1.165, 1.54) is 22.7 Å². The first-order chi connectivity index (χ1) is 20.2. The second-order valence-corrected chi connectivity index (χ2v) is 12.3. The lowest BCUT2D eigenvalue weighted by atomic mass is 9.39. The number of pyridine rings is 1. The molecule has 4 aromatic rings. The van der Waals surface area contributed by atoms with Crippen LogP contribution in [0, 0.1) is 25.5 Å². The Kier molecular flexibility index (Phi) is 9.52. The highest BCUT2D eigenvalue weighted by atomic mass is 19.1. The molecule has 0 fully saturated rings. The number of nitrogens with zero attached hydrogens (tertiary/aromatic N) is 2. The first-order valence-corrected chi connectivity index (χ1v) is 14.1. The molecule has 0 aliphatic heterocycles. The van der Waals surface area contributed by atoms with Crippen LogP contribution in [-0.2, 0) is 18.0 Å². The Hall–Kier alpha value is -4.28. The topological polar surface area (TPSA) is 94.0 Å². The Morgan fingerprint density at radius 3 is 2.30 bits per heavy atom. The van der Waals surface area contributed by atoms with E-state index in [0.29, 0.717) is 23.2 Å². The van der Waals surface area contributed by atoms with Crippen molar-refractivity contribution in [3.8, 4) is 5.88 Å². The molecule has 0 aliphatic carbocycles. The third-order valence-electron chi connectivity index (χ3n) is 6.85. The molecule has 0 bridgehead atoms. The molecule has 4 rings (SSSR count). The highest BCUT2D eigenvalue weighted by Crippen LogP contribution is 2.27. The van der Waals surface area contributed by atoms with Crippen LogP contribution in [0.25, 0.3) is 5.52 Å². The van der Waals surface area contributed by atoms with Crippen molar-refractivity contribution in [2.75, 3.05) is 6.54 Å². The number of nitrogens with one attached hydrogen (secondary N) is 2. The van der Waals surface area contributed by atoms with E-state index in [0.717, 1.165) is 11.1 Å². The van der Waals surface area contributed by atoms with Crippen molar-refractivity contribution in [1.29, 1.82) is 0 Å². The van der Waals surface area contributed by atoms with E-state index in [1.807, 2.05) is 44.2 Å². The highest BCUT2D eigenvalue weighted by molar-refractivity contribution is 6.58. The van der Waals surface area contributed by atoms with Gasteiger partial charge in [0.15, 0.2) is 0 Å². The lowest BCUT2D eigenvalue weighted by molar-refractivity contribution is 0.0929. The zero-order chi connectivity index (χ0) is 31.4. The van der Waals surface area contributed by atoms with E-state index < -0.39 is 23.3 Å². The molecule has 13 heteroatoms. The molecule has 8 nitrogen and oxygen atoms in total. The minimum absolute atomic E-state index is 0.125. The molecule has 2 amide bonds. The maximum absolute atomic E-state index is 14.2.